The van der Waals surface area contributed by atoms with Crippen molar-refractivity contribution >= 4 is 17.9 Å². The Balaban J connectivity index is 4.67. The SMILES string of the molecule is CCOC(=O)CC(O)(CC(=O)OC(C)C)C(=O)O. The maximum Gasteiger partial charge on any atom is 0.336 e. The first-order chi connectivity index (χ1) is 8.21. The van der Waals surface area contributed by atoms with Crippen LogP contribution in [0.5, 0.6) is 0 Å². The fourth-order valence-corrected chi connectivity index (χ4v) is 1.21. The van der Waals surface area contributed by atoms with E-state index in [1.165, 1.54) is 0 Å². The Bertz CT molecular complexity index is 323. The number of carboxylic acids is 1. The van der Waals surface area contributed by atoms with E-state index >= 15 is 0 Å². The summed E-state index contributed by atoms with van der Waals surface area (Å²) in [5, 5.41) is 18.6. The van der Waals surface area contributed by atoms with Crippen LogP contribution < -0.4 is 0 Å². The number of carbonyl (C=O) groups is 3. The Kier molecular flexibility index (Phi) is 6.32. The van der Waals surface area contributed by atoms with Crippen molar-refractivity contribution in [1.82, 2.24) is 0 Å². The molecule has 2 N–H and O–H groups in total. The maximum absolute atomic E-state index is 11.3. The molecule has 0 amide bonds. The highest BCUT2D eigenvalue weighted by atomic mass is 16.5. The number of carbonyl (C=O) groups excluding carboxylic acids is 2. The Labute approximate surface area is 105 Å². The zero-order valence-corrected chi connectivity index (χ0v) is 10.6. The fourth-order valence-electron chi connectivity index (χ4n) is 1.21. The fraction of sp³-hybridized carbons (Fsp3) is 0.727. The molecule has 0 saturated carbocycles. The number of rotatable bonds is 7. The predicted octanol–water partition coefficient (Wildman–Crippen LogP) is 0.0970. The lowest BCUT2D eigenvalue weighted by molar-refractivity contribution is -0.174. The second-order valence-electron chi connectivity index (χ2n) is 4.03. The van der Waals surface area contributed by atoms with Crippen LogP contribution in [0.25, 0.3) is 0 Å². The predicted molar refractivity (Wildman–Crippen MR) is 59.7 cm³/mol. The monoisotopic (exact) mass is 262 g/mol. The topological polar surface area (TPSA) is 110 Å². The van der Waals surface area contributed by atoms with E-state index in [1.54, 1.807) is 20.8 Å². The van der Waals surface area contributed by atoms with Gasteiger partial charge in [0.25, 0.3) is 0 Å². The molecule has 0 aliphatic rings. The second kappa shape index (κ2) is 6.95. The van der Waals surface area contributed by atoms with Crippen LogP contribution in [-0.2, 0) is 23.9 Å². The molecule has 1 unspecified atom stereocenters. The van der Waals surface area contributed by atoms with E-state index in [-0.39, 0.29) is 6.61 Å². The number of hydrogen-bond acceptors (Lipinski definition) is 6. The number of carboxylic acid groups (broad SMARTS) is 1. The summed E-state index contributed by atoms with van der Waals surface area (Å²) in [4.78, 5) is 33.4. The van der Waals surface area contributed by atoms with E-state index < -0.39 is 42.5 Å². The van der Waals surface area contributed by atoms with Gasteiger partial charge in [-0.2, -0.15) is 0 Å². The van der Waals surface area contributed by atoms with Crippen LogP contribution in [0.2, 0.25) is 0 Å². The van der Waals surface area contributed by atoms with Gasteiger partial charge in [-0.1, -0.05) is 0 Å². The maximum atomic E-state index is 11.3. The first kappa shape index (κ1) is 16.4. The van der Waals surface area contributed by atoms with Gasteiger partial charge >= 0.3 is 17.9 Å². The highest BCUT2D eigenvalue weighted by Crippen LogP contribution is 2.18. The molecule has 104 valence electrons. The van der Waals surface area contributed by atoms with Crippen LogP contribution in [0.15, 0.2) is 0 Å². The molecule has 7 nitrogen and oxygen atoms in total. The van der Waals surface area contributed by atoms with Crippen LogP contribution in [0.3, 0.4) is 0 Å². The minimum absolute atomic E-state index is 0.0605. The van der Waals surface area contributed by atoms with Crippen molar-refractivity contribution in [2.45, 2.75) is 45.3 Å². The summed E-state index contributed by atoms with van der Waals surface area (Å²) < 4.78 is 9.26. The quantitative estimate of drug-likeness (QED) is 0.626. The van der Waals surface area contributed by atoms with E-state index in [9.17, 15) is 19.5 Å². The van der Waals surface area contributed by atoms with E-state index in [1.807, 2.05) is 0 Å². The average molecular weight is 262 g/mol. The van der Waals surface area contributed by atoms with Gasteiger partial charge in [0.1, 0.15) is 0 Å². The van der Waals surface area contributed by atoms with Crippen molar-refractivity contribution in [3.05, 3.63) is 0 Å². The summed E-state index contributed by atoms with van der Waals surface area (Å²) in [6.45, 7) is 4.78. The summed E-state index contributed by atoms with van der Waals surface area (Å²) in [6, 6.07) is 0. The van der Waals surface area contributed by atoms with Crippen molar-refractivity contribution < 1.29 is 34.1 Å². The van der Waals surface area contributed by atoms with Gasteiger partial charge in [0.05, 0.1) is 25.6 Å². The third-order valence-corrected chi connectivity index (χ3v) is 1.94. The standard InChI is InChI=1S/C11H18O7/c1-4-17-8(12)5-11(16,10(14)15)6-9(13)18-7(2)3/h7,16H,4-6H2,1-3H3,(H,14,15). The lowest BCUT2D eigenvalue weighted by Gasteiger charge is -2.21. The Hall–Kier alpha value is -1.63. The molecular weight excluding hydrogens is 244 g/mol. The van der Waals surface area contributed by atoms with E-state index in [0.717, 1.165) is 0 Å². The smallest absolute Gasteiger partial charge is 0.336 e. The van der Waals surface area contributed by atoms with Gasteiger partial charge in [0, 0.05) is 0 Å². The molecule has 0 aromatic heterocycles. The molecule has 7 heteroatoms. The normalized spacial score (nSPS) is 13.8. The van der Waals surface area contributed by atoms with Gasteiger partial charge in [-0.05, 0) is 20.8 Å². The van der Waals surface area contributed by atoms with Crippen molar-refractivity contribution in [2.24, 2.45) is 0 Å². The van der Waals surface area contributed by atoms with Gasteiger partial charge in [-0.3, -0.25) is 9.59 Å². The third kappa shape index (κ3) is 5.62. The highest BCUT2D eigenvalue weighted by molar-refractivity contribution is 5.89. The summed E-state index contributed by atoms with van der Waals surface area (Å²) in [6.07, 6.45) is -2.04. The van der Waals surface area contributed by atoms with Gasteiger partial charge in [-0.15, -0.1) is 0 Å². The summed E-state index contributed by atoms with van der Waals surface area (Å²) in [5.74, 6) is -3.45. The molecule has 0 radical (unpaired) electrons. The van der Waals surface area contributed by atoms with Gasteiger partial charge < -0.3 is 19.7 Å². The summed E-state index contributed by atoms with van der Waals surface area (Å²) in [5.41, 5.74) is -2.50. The number of aliphatic carboxylic acids is 1. The van der Waals surface area contributed by atoms with Crippen molar-refractivity contribution in [3.63, 3.8) is 0 Å². The lowest BCUT2D eigenvalue weighted by Crippen LogP contribution is -2.43. The molecule has 1 atom stereocenters. The molecule has 0 aromatic carbocycles. The van der Waals surface area contributed by atoms with Crippen molar-refractivity contribution in [1.29, 1.82) is 0 Å². The first-order valence-electron chi connectivity index (χ1n) is 5.52. The summed E-state index contributed by atoms with van der Waals surface area (Å²) >= 11 is 0. The average Bonchev–Trinajstić information content (AvgIpc) is 2.15. The molecule has 0 aliphatic carbocycles. The van der Waals surface area contributed by atoms with E-state index in [2.05, 4.69) is 4.74 Å². The van der Waals surface area contributed by atoms with Crippen LogP contribution in [0.4, 0.5) is 0 Å². The van der Waals surface area contributed by atoms with E-state index in [4.69, 9.17) is 9.84 Å². The number of ether oxygens (including phenoxy) is 2. The van der Waals surface area contributed by atoms with Crippen molar-refractivity contribution in [2.75, 3.05) is 6.61 Å². The molecule has 0 rings (SSSR count). The summed E-state index contributed by atoms with van der Waals surface area (Å²) in [7, 11) is 0. The van der Waals surface area contributed by atoms with Crippen LogP contribution in [0.1, 0.15) is 33.6 Å². The minimum atomic E-state index is -2.50. The molecular formula is C11H18O7. The zero-order valence-electron chi connectivity index (χ0n) is 10.6. The number of hydrogen-bond donors (Lipinski definition) is 2. The molecule has 0 bridgehead atoms. The zero-order chi connectivity index (χ0) is 14.3. The largest absolute Gasteiger partial charge is 0.479 e. The Morgan fingerprint density at radius 2 is 1.67 bits per heavy atom. The molecule has 0 saturated heterocycles. The first-order valence-corrected chi connectivity index (χ1v) is 5.52. The van der Waals surface area contributed by atoms with Gasteiger partial charge in [-0.25, -0.2) is 4.79 Å². The number of aliphatic hydroxyl groups is 1. The van der Waals surface area contributed by atoms with Gasteiger partial charge in [0.15, 0.2) is 5.60 Å². The molecule has 18 heavy (non-hydrogen) atoms. The minimum Gasteiger partial charge on any atom is -0.479 e. The third-order valence-electron chi connectivity index (χ3n) is 1.94. The van der Waals surface area contributed by atoms with Crippen LogP contribution >= 0.6 is 0 Å². The van der Waals surface area contributed by atoms with Crippen LogP contribution in [-0.4, -0.2) is 46.4 Å². The molecule has 0 aliphatic heterocycles. The number of esters is 2. The second-order valence-corrected chi connectivity index (χ2v) is 4.03. The lowest BCUT2D eigenvalue weighted by atomic mass is 9.96. The molecule has 0 spiro atoms. The van der Waals surface area contributed by atoms with E-state index in [0.29, 0.717) is 0 Å². The van der Waals surface area contributed by atoms with Crippen LogP contribution in [0, 0.1) is 0 Å². The Morgan fingerprint density at radius 1 is 1.17 bits per heavy atom. The Morgan fingerprint density at radius 3 is 2.06 bits per heavy atom. The molecule has 0 fully saturated rings. The highest BCUT2D eigenvalue weighted by Gasteiger charge is 2.42. The molecule has 0 heterocycles. The molecule has 0 aromatic rings. The van der Waals surface area contributed by atoms with Crippen molar-refractivity contribution in [3.8, 4) is 0 Å². The van der Waals surface area contributed by atoms with Gasteiger partial charge in [0.2, 0.25) is 0 Å².